The Morgan fingerprint density at radius 2 is 2.43 bits per heavy atom. The maximum absolute atomic E-state index is 11.2. The number of nitrogens with one attached hydrogen (secondary N) is 1. The number of hydrogen-bond donors (Lipinski definition) is 2. The van der Waals surface area contributed by atoms with E-state index in [0.717, 1.165) is 0 Å². The van der Waals surface area contributed by atoms with Gasteiger partial charge in [-0.05, 0) is 16.8 Å². The Hall–Kier alpha value is -1.50. The number of aryl methyl sites for hydroxylation is 1. The van der Waals surface area contributed by atoms with Gasteiger partial charge in [-0.15, -0.1) is 5.10 Å². The average molecular weight is 199 g/mol. The van der Waals surface area contributed by atoms with Gasteiger partial charge < -0.3 is 10.4 Å². The van der Waals surface area contributed by atoms with Crippen LogP contribution in [0.1, 0.15) is 12.2 Å². The summed E-state index contributed by atoms with van der Waals surface area (Å²) in [7, 11) is 1.68. The zero-order valence-corrected chi connectivity index (χ0v) is 7.97. The Labute approximate surface area is 81.1 Å². The Kier molecular flexibility index (Phi) is 3.99. The van der Waals surface area contributed by atoms with Crippen LogP contribution < -0.4 is 5.32 Å². The lowest BCUT2D eigenvalue weighted by Gasteiger charge is -2.02. The molecule has 1 aromatic heterocycles. The monoisotopic (exact) mass is 199 g/mol. The first-order valence-electron chi connectivity index (χ1n) is 4.33. The second-order valence-corrected chi connectivity index (χ2v) is 2.82. The maximum atomic E-state index is 11.2. The van der Waals surface area contributed by atoms with Crippen molar-refractivity contribution in [1.82, 2.24) is 25.5 Å². The van der Waals surface area contributed by atoms with Crippen molar-refractivity contribution in [2.45, 2.75) is 12.8 Å². The molecule has 0 aliphatic heterocycles. The van der Waals surface area contributed by atoms with Crippen molar-refractivity contribution in [1.29, 1.82) is 0 Å². The molecule has 0 radical (unpaired) electrons. The third-order valence-corrected chi connectivity index (χ3v) is 1.68. The van der Waals surface area contributed by atoms with Crippen LogP contribution in [0.2, 0.25) is 0 Å². The van der Waals surface area contributed by atoms with Gasteiger partial charge in [0.05, 0.1) is 6.42 Å². The number of aromatic nitrogens is 4. The molecule has 1 aromatic rings. The number of hydrogen-bond acceptors (Lipinski definition) is 5. The van der Waals surface area contributed by atoms with E-state index in [0.29, 0.717) is 18.8 Å². The highest BCUT2D eigenvalue weighted by molar-refractivity contribution is 5.77. The minimum absolute atomic E-state index is 0.0752. The number of amides is 1. The van der Waals surface area contributed by atoms with Gasteiger partial charge in [-0.25, -0.2) is 4.68 Å². The van der Waals surface area contributed by atoms with E-state index in [4.69, 9.17) is 5.11 Å². The fraction of sp³-hybridized carbons (Fsp3) is 0.714. The topological polar surface area (TPSA) is 92.9 Å². The molecule has 0 atom stereocenters. The molecule has 7 nitrogen and oxygen atoms in total. The molecular weight excluding hydrogens is 186 g/mol. The molecule has 1 heterocycles. The summed E-state index contributed by atoms with van der Waals surface area (Å²) in [4.78, 5) is 11.2. The molecular formula is C7H13N5O2. The Balaban J connectivity index is 2.31. The first kappa shape index (κ1) is 10.6. The van der Waals surface area contributed by atoms with E-state index in [1.54, 1.807) is 7.05 Å². The number of carbonyl (C=O) groups excluding carboxylic acids is 1. The second kappa shape index (κ2) is 5.28. The van der Waals surface area contributed by atoms with E-state index in [1.807, 2.05) is 0 Å². The molecule has 7 heteroatoms. The molecule has 1 amide bonds. The molecule has 1 rings (SSSR count). The number of rotatable bonds is 5. The maximum Gasteiger partial charge on any atom is 0.227 e. The van der Waals surface area contributed by atoms with Crippen LogP contribution >= 0.6 is 0 Å². The van der Waals surface area contributed by atoms with E-state index < -0.39 is 0 Å². The summed E-state index contributed by atoms with van der Waals surface area (Å²) in [6.07, 6.45) is 0.720. The van der Waals surface area contributed by atoms with Gasteiger partial charge in [0.2, 0.25) is 5.91 Å². The highest BCUT2D eigenvalue weighted by atomic mass is 16.3. The normalized spacial score (nSPS) is 10.1. The van der Waals surface area contributed by atoms with Crippen molar-refractivity contribution in [3.05, 3.63) is 5.82 Å². The fourth-order valence-electron chi connectivity index (χ4n) is 0.911. The van der Waals surface area contributed by atoms with Gasteiger partial charge in [0.25, 0.3) is 0 Å². The smallest absolute Gasteiger partial charge is 0.227 e. The van der Waals surface area contributed by atoms with Gasteiger partial charge in [0, 0.05) is 20.2 Å². The van der Waals surface area contributed by atoms with Crippen molar-refractivity contribution >= 4 is 5.91 Å². The molecule has 0 bridgehead atoms. The van der Waals surface area contributed by atoms with Crippen LogP contribution in [0.5, 0.6) is 0 Å². The zero-order valence-electron chi connectivity index (χ0n) is 7.97. The van der Waals surface area contributed by atoms with Crippen LogP contribution in [-0.4, -0.2) is 44.4 Å². The Morgan fingerprint density at radius 3 is 3.00 bits per heavy atom. The summed E-state index contributed by atoms with van der Waals surface area (Å²) in [6.45, 7) is 0.548. The molecule has 0 saturated heterocycles. The fourth-order valence-corrected chi connectivity index (χ4v) is 0.911. The summed E-state index contributed by atoms with van der Waals surface area (Å²) in [5, 5.41) is 21.8. The van der Waals surface area contributed by atoms with E-state index >= 15 is 0 Å². The molecule has 0 unspecified atom stereocenters. The van der Waals surface area contributed by atoms with E-state index in [9.17, 15) is 4.79 Å². The van der Waals surface area contributed by atoms with Crippen molar-refractivity contribution in [2.75, 3.05) is 13.2 Å². The van der Waals surface area contributed by atoms with Gasteiger partial charge in [-0.3, -0.25) is 4.79 Å². The van der Waals surface area contributed by atoms with Gasteiger partial charge in [-0.1, -0.05) is 0 Å². The van der Waals surface area contributed by atoms with Crippen LogP contribution in [0.4, 0.5) is 0 Å². The highest BCUT2D eigenvalue weighted by Gasteiger charge is 2.07. The number of aliphatic hydroxyl groups excluding tert-OH is 1. The van der Waals surface area contributed by atoms with Crippen LogP contribution in [-0.2, 0) is 18.3 Å². The zero-order chi connectivity index (χ0) is 10.4. The predicted molar refractivity (Wildman–Crippen MR) is 47.2 cm³/mol. The van der Waals surface area contributed by atoms with E-state index in [-0.39, 0.29) is 18.9 Å². The SMILES string of the molecule is Cn1nnnc1CC(=O)NCCCO. The second-order valence-electron chi connectivity index (χ2n) is 2.82. The van der Waals surface area contributed by atoms with E-state index in [2.05, 4.69) is 20.8 Å². The van der Waals surface area contributed by atoms with Crippen LogP contribution in [0.3, 0.4) is 0 Å². The molecule has 0 aliphatic rings. The van der Waals surface area contributed by atoms with E-state index in [1.165, 1.54) is 4.68 Å². The summed E-state index contributed by atoms with van der Waals surface area (Å²) >= 11 is 0. The molecule has 78 valence electrons. The highest BCUT2D eigenvalue weighted by Crippen LogP contribution is 1.89. The summed E-state index contributed by atoms with van der Waals surface area (Å²) < 4.78 is 1.45. The van der Waals surface area contributed by atoms with Crippen molar-refractivity contribution < 1.29 is 9.90 Å². The lowest BCUT2D eigenvalue weighted by atomic mass is 10.3. The van der Waals surface area contributed by atoms with Gasteiger partial charge in [-0.2, -0.15) is 0 Å². The Bertz CT molecular complexity index is 298. The van der Waals surface area contributed by atoms with Crippen LogP contribution in [0, 0.1) is 0 Å². The molecule has 0 aromatic carbocycles. The summed E-state index contributed by atoms with van der Waals surface area (Å²) in [5.74, 6) is 0.378. The number of tetrazole rings is 1. The molecule has 0 aliphatic carbocycles. The molecule has 14 heavy (non-hydrogen) atoms. The third-order valence-electron chi connectivity index (χ3n) is 1.68. The molecule has 2 N–H and O–H groups in total. The van der Waals surface area contributed by atoms with Crippen molar-refractivity contribution in [3.63, 3.8) is 0 Å². The van der Waals surface area contributed by atoms with Crippen LogP contribution in [0.15, 0.2) is 0 Å². The number of aliphatic hydroxyl groups is 1. The average Bonchev–Trinajstić information content (AvgIpc) is 2.52. The number of carbonyl (C=O) groups is 1. The largest absolute Gasteiger partial charge is 0.396 e. The molecule has 0 spiro atoms. The Morgan fingerprint density at radius 1 is 1.64 bits per heavy atom. The lowest BCUT2D eigenvalue weighted by molar-refractivity contribution is -0.120. The van der Waals surface area contributed by atoms with Crippen LogP contribution in [0.25, 0.3) is 0 Å². The van der Waals surface area contributed by atoms with Gasteiger partial charge >= 0.3 is 0 Å². The quantitative estimate of drug-likeness (QED) is 0.549. The minimum Gasteiger partial charge on any atom is -0.396 e. The van der Waals surface area contributed by atoms with Crippen molar-refractivity contribution in [2.24, 2.45) is 7.05 Å². The first-order chi connectivity index (χ1) is 6.74. The lowest BCUT2D eigenvalue weighted by Crippen LogP contribution is -2.27. The standard InChI is InChI=1S/C7H13N5O2/c1-12-6(9-10-11-12)5-7(14)8-3-2-4-13/h13H,2-5H2,1H3,(H,8,14). The summed E-state index contributed by atoms with van der Waals surface area (Å²) in [5.41, 5.74) is 0. The minimum atomic E-state index is -0.142. The third kappa shape index (κ3) is 3.09. The molecule has 0 saturated carbocycles. The van der Waals surface area contributed by atoms with Gasteiger partial charge in [0.15, 0.2) is 5.82 Å². The van der Waals surface area contributed by atoms with Gasteiger partial charge in [0.1, 0.15) is 0 Å². The predicted octanol–water partition coefficient (Wildman–Crippen LogP) is -1.75. The summed E-state index contributed by atoms with van der Waals surface area (Å²) in [6, 6.07) is 0. The molecule has 0 fully saturated rings. The first-order valence-corrected chi connectivity index (χ1v) is 4.33. The van der Waals surface area contributed by atoms with Crippen molar-refractivity contribution in [3.8, 4) is 0 Å². The number of nitrogens with zero attached hydrogens (tertiary/aromatic N) is 4.